The molecule has 0 heterocycles. The molecule has 0 spiro atoms. The molecule has 0 saturated carbocycles. The Hall–Kier alpha value is 0.110. The van der Waals surface area contributed by atoms with E-state index >= 15 is 0 Å². The van der Waals surface area contributed by atoms with E-state index in [-0.39, 0.29) is 13.2 Å². The smallest absolute Gasteiger partial charge is 0.323 e. The van der Waals surface area contributed by atoms with Gasteiger partial charge in [-0.25, -0.2) is 10.6 Å². The second-order valence-electron chi connectivity index (χ2n) is 3.38. The maximum atomic E-state index is 12.3. The van der Waals surface area contributed by atoms with Crippen LogP contribution in [0.4, 0.5) is 4.79 Å². The highest BCUT2D eigenvalue weighted by atomic mass is 127. The summed E-state index contributed by atoms with van der Waals surface area (Å²) < 4.78 is 23.3. The Morgan fingerprint density at radius 3 is 2.33 bits per heavy atom. The maximum Gasteiger partial charge on any atom is 0.352 e. The first-order valence-corrected chi connectivity index (χ1v) is 8.82. The monoisotopic (exact) mass is 393 g/mol. The van der Waals surface area contributed by atoms with Crippen molar-refractivity contribution in [2.45, 2.75) is 26.6 Å². The molecular weight excluding hydrogens is 372 g/mol. The highest BCUT2D eigenvalue weighted by molar-refractivity contribution is 14.1. The molecule has 7 nitrogen and oxygen atoms in total. The minimum Gasteiger partial charge on any atom is -0.323 e. The highest BCUT2D eigenvalue weighted by Crippen LogP contribution is 2.51. The minimum absolute atomic E-state index is 0.248. The standard InChI is InChI=1S/C9H21IN3O4P/c1-4-16-18(15,17-5-2)8(3)12-9(14)13(11)7-6-10/h8H,4-7,11H2,1-3H3,(H,12,14). The van der Waals surface area contributed by atoms with Crippen LogP contribution >= 0.6 is 30.2 Å². The Bertz CT molecular complexity index is 296. The zero-order chi connectivity index (χ0) is 14.2. The summed E-state index contributed by atoms with van der Waals surface area (Å²) in [6, 6.07) is -0.501. The van der Waals surface area contributed by atoms with Gasteiger partial charge in [-0.1, -0.05) is 22.6 Å². The first-order valence-electron chi connectivity index (χ1n) is 5.68. The van der Waals surface area contributed by atoms with Crippen LogP contribution in [0.25, 0.3) is 0 Å². The van der Waals surface area contributed by atoms with E-state index in [0.717, 1.165) is 5.01 Å². The maximum absolute atomic E-state index is 12.3. The van der Waals surface area contributed by atoms with Crippen LogP contribution < -0.4 is 11.2 Å². The molecule has 0 bridgehead atoms. The molecule has 0 aromatic carbocycles. The van der Waals surface area contributed by atoms with E-state index in [1.54, 1.807) is 20.8 Å². The predicted octanol–water partition coefficient (Wildman–Crippen LogP) is 1.92. The first kappa shape index (κ1) is 18.1. The molecule has 0 aliphatic rings. The second kappa shape index (κ2) is 9.08. The average molecular weight is 393 g/mol. The lowest BCUT2D eigenvalue weighted by Crippen LogP contribution is -2.48. The number of nitrogens with two attached hydrogens (primary N) is 1. The second-order valence-corrected chi connectivity index (χ2v) is 6.83. The number of carbonyl (C=O) groups is 1. The lowest BCUT2D eigenvalue weighted by Gasteiger charge is -2.26. The Morgan fingerprint density at radius 1 is 1.44 bits per heavy atom. The third kappa shape index (κ3) is 5.83. The molecule has 3 N–H and O–H groups in total. The van der Waals surface area contributed by atoms with Crippen LogP contribution in [-0.2, 0) is 13.6 Å². The molecular formula is C9H21IN3O4P. The third-order valence-corrected chi connectivity index (χ3v) is 4.81. The third-order valence-electron chi connectivity index (χ3n) is 2.01. The van der Waals surface area contributed by atoms with E-state index in [2.05, 4.69) is 27.9 Å². The summed E-state index contributed by atoms with van der Waals surface area (Å²) in [6.45, 7) is 5.90. The number of halogens is 1. The van der Waals surface area contributed by atoms with Crippen LogP contribution in [0.2, 0.25) is 0 Å². The lowest BCUT2D eigenvalue weighted by atomic mass is 10.6. The molecule has 18 heavy (non-hydrogen) atoms. The molecule has 1 unspecified atom stereocenters. The van der Waals surface area contributed by atoms with Crippen molar-refractivity contribution in [3.05, 3.63) is 0 Å². The number of nitrogens with zero attached hydrogens (tertiary/aromatic N) is 1. The van der Waals surface area contributed by atoms with Crippen LogP contribution in [0.5, 0.6) is 0 Å². The highest BCUT2D eigenvalue weighted by Gasteiger charge is 2.33. The van der Waals surface area contributed by atoms with E-state index in [4.69, 9.17) is 14.9 Å². The normalized spacial score (nSPS) is 13.2. The van der Waals surface area contributed by atoms with Crippen molar-refractivity contribution in [3.63, 3.8) is 0 Å². The lowest BCUT2D eigenvalue weighted by molar-refractivity contribution is 0.189. The van der Waals surface area contributed by atoms with Crippen molar-refractivity contribution >= 4 is 36.2 Å². The van der Waals surface area contributed by atoms with Crippen molar-refractivity contribution in [1.29, 1.82) is 0 Å². The van der Waals surface area contributed by atoms with Gasteiger partial charge in [0.2, 0.25) is 0 Å². The molecule has 1 atom stereocenters. The fraction of sp³-hybridized carbons (Fsp3) is 0.889. The van der Waals surface area contributed by atoms with E-state index in [1.165, 1.54) is 0 Å². The Kier molecular flexibility index (Phi) is 9.14. The topological polar surface area (TPSA) is 93.9 Å². The number of hydrogen-bond acceptors (Lipinski definition) is 5. The number of hydrogen-bond donors (Lipinski definition) is 2. The summed E-state index contributed by atoms with van der Waals surface area (Å²) in [5.41, 5.74) is 0. The molecule has 2 amide bonds. The molecule has 0 aliphatic heterocycles. The zero-order valence-corrected chi connectivity index (χ0v) is 13.9. The summed E-state index contributed by atoms with van der Waals surface area (Å²) in [4.78, 5) is 11.7. The van der Waals surface area contributed by atoms with Crippen LogP contribution in [-0.4, -0.2) is 41.0 Å². The molecule has 0 saturated heterocycles. The van der Waals surface area contributed by atoms with Gasteiger partial charge in [0.1, 0.15) is 5.78 Å². The summed E-state index contributed by atoms with van der Waals surface area (Å²) in [5, 5.41) is 3.55. The molecule has 0 aliphatic carbocycles. The summed E-state index contributed by atoms with van der Waals surface area (Å²) in [6.07, 6.45) is 0. The molecule has 0 aromatic heterocycles. The molecule has 9 heteroatoms. The predicted molar refractivity (Wildman–Crippen MR) is 78.6 cm³/mol. The van der Waals surface area contributed by atoms with Gasteiger partial charge < -0.3 is 14.4 Å². The number of rotatable bonds is 8. The largest absolute Gasteiger partial charge is 0.352 e. The summed E-state index contributed by atoms with van der Waals surface area (Å²) >= 11 is 2.11. The van der Waals surface area contributed by atoms with Crippen molar-refractivity contribution in [2.75, 3.05) is 24.2 Å². The van der Waals surface area contributed by atoms with Gasteiger partial charge >= 0.3 is 13.6 Å². The Labute approximate surface area is 121 Å². The van der Waals surface area contributed by atoms with Crippen LogP contribution in [0.15, 0.2) is 0 Å². The van der Waals surface area contributed by atoms with Crippen molar-refractivity contribution in [1.82, 2.24) is 10.3 Å². The number of carbonyl (C=O) groups excluding carboxylic acids is 1. The molecule has 0 fully saturated rings. The van der Waals surface area contributed by atoms with Crippen molar-refractivity contribution < 1.29 is 18.4 Å². The van der Waals surface area contributed by atoms with Gasteiger partial charge in [0.05, 0.1) is 13.2 Å². The van der Waals surface area contributed by atoms with Gasteiger partial charge in [0.15, 0.2) is 0 Å². The van der Waals surface area contributed by atoms with Gasteiger partial charge in [0, 0.05) is 11.0 Å². The number of nitrogens with one attached hydrogen (secondary N) is 1. The van der Waals surface area contributed by atoms with E-state index in [0.29, 0.717) is 11.0 Å². The van der Waals surface area contributed by atoms with E-state index in [9.17, 15) is 9.36 Å². The first-order chi connectivity index (χ1) is 8.41. The number of amides is 2. The van der Waals surface area contributed by atoms with E-state index < -0.39 is 19.4 Å². The Morgan fingerprint density at radius 2 is 1.94 bits per heavy atom. The number of urea groups is 1. The SMILES string of the molecule is CCOP(=O)(OCC)C(C)NC(=O)N(N)CCI. The number of alkyl halides is 1. The van der Waals surface area contributed by atoms with Gasteiger partial charge in [-0.3, -0.25) is 9.57 Å². The van der Waals surface area contributed by atoms with E-state index in [1.807, 2.05) is 0 Å². The molecule has 0 radical (unpaired) electrons. The summed E-state index contributed by atoms with van der Waals surface area (Å²) in [5.74, 6) is 4.77. The molecule has 0 aromatic rings. The zero-order valence-electron chi connectivity index (χ0n) is 10.9. The Balaban J connectivity index is 4.55. The van der Waals surface area contributed by atoms with Gasteiger partial charge in [0.25, 0.3) is 0 Å². The number of hydrazine groups is 1. The summed E-state index contributed by atoms with van der Waals surface area (Å²) in [7, 11) is -3.34. The molecule has 0 rings (SSSR count). The fourth-order valence-electron chi connectivity index (χ4n) is 1.15. The molecule has 108 valence electrons. The van der Waals surface area contributed by atoms with Gasteiger partial charge in [-0.15, -0.1) is 0 Å². The fourth-order valence-corrected chi connectivity index (χ4v) is 3.18. The van der Waals surface area contributed by atoms with Crippen molar-refractivity contribution in [3.8, 4) is 0 Å². The van der Waals surface area contributed by atoms with Crippen molar-refractivity contribution in [2.24, 2.45) is 5.84 Å². The van der Waals surface area contributed by atoms with Crippen LogP contribution in [0.1, 0.15) is 20.8 Å². The van der Waals surface area contributed by atoms with Crippen LogP contribution in [0.3, 0.4) is 0 Å². The van der Waals surface area contributed by atoms with Crippen LogP contribution in [0, 0.1) is 0 Å². The minimum atomic E-state index is -3.34. The van der Waals surface area contributed by atoms with Gasteiger partial charge in [-0.05, 0) is 20.8 Å². The van der Waals surface area contributed by atoms with Gasteiger partial charge in [-0.2, -0.15) is 0 Å². The average Bonchev–Trinajstić information content (AvgIpc) is 2.29. The quantitative estimate of drug-likeness (QED) is 0.164.